The molecule has 0 saturated heterocycles. The lowest BCUT2D eigenvalue weighted by molar-refractivity contribution is -0.0394. The number of hydrogen-bond acceptors (Lipinski definition) is 1. The third kappa shape index (κ3) is 3.41. The van der Waals surface area contributed by atoms with Gasteiger partial charge in [0.2, 0.25) is 0 Å². The van der Waals surface area contributed by atoms with Crippen molar-refractivity contribution < 1.29 is 0 Å². The third-order valence-electron chi connectivity index (χ3n) is 6.07. The quantitative estimate of drug-likeness (QED) is 0.600. The summed E-state index contributed by atoms with van der Waals surface area (Å²) in [6.07, 6.45) is 7.63. The maximum Gasteiger partial charge on any atom is 0.0743 e. The molecule has 2 aliphatic carbocycles. The van der Waals surface area contributed by atoms with Gasteiger partial charge in [0.25, 0.3) is 0 Å². The standard InChI is InChI=1S/C20H36BN/c1-8-17-9-18-10-19(7,21)13-20(11-17,12-18)22(15(4)5)16(6)14(2)3/h14-15,17-18H,6,8-13H2,1-5,7H3. The average Bonchev–Trinajstić information content (AvgIpc) is 2.34. The smallest absolute Gasteiger partial charge is 0.0743 e. The third-order valence-corrected chi connectivity index (χ3v) is 6.07. The number of allylic oxidation sites excluding steroid dienone is 1. The fourth-order valence-electron chi connectivity index (χ4n) is 5.63. The fraction of sp³-hybridized carbons (Fsp3) is 0.900. The van der Waals surface area contributed by atoms with Crippen molar-refractivity contribution in [2.45, 2.75) is 97.0 Å². The molecule has 2 radical (unpaired) electrons. The van der Waals surface area contributed by atoms with Gasteiger partial charge in [0.1, 0.15) is 0 Å². The summed E-state index contributed by atoms with van der Waals surface area (Å²) in [5, 5.41) is -0.0218. The molecule has 4 atom stereocenters. The molecular weight excluding hydrogens is 265 g/mol. The van der Waals surface area contributed by atoms with Crippen LogP contribution in [0.1, 0.15) is 80.1 Å². The normalized spacial score (nSPS) is 38.4. The molecule has 22 heavy (non-hydrogen) atoms. The molecule has 0 N–H and O–H groups in total. The summed E-state index contributed by atoms with van der Waals surface area (Å²) in [5.41, 5.74) is 1.55. The van der Waals surface area contributed by atoms with Crippen LogP contribution in [-0.2, 0) is 0 Å². The molecule has 0 amide bonds. The van der Waals surface area contributed by atoms with Crippen LogP contribution in [0.3, 0.4) is 0 Å². The Balaban J connectivity index is 2.41. The van der Waals surface area contributed by atoms with Gasteiger partial charge in [0.15, 0.2) is 0 Å². The van der Waals surface area contributed by atoms with E-state index in [0.717, 1.165) is 18.3 Å². The minimum absolute atomic E-state index is 0.0218. The molecule has 0 aliphatic heterocycles. The predicted octanol–water partition coefficient (Wildman–Crippen LogP) is 5.57. The second-order valence-corrected chi connectivity index (χ2v) is 9.15. The van der Waals surface area contributed by atoms with Crippen LogP contribution in [0.4, 0.5) is 0 Å². The highest BCUT2D eigenvalue weighted by Crippen LogP contribution is 2.58. The van der Waals surface area contributed by atoms with Gasteiger partial charge in [-0.15, -0.1) is 0 Å². The Morgan fingerprint density at radius 1 is 1.23 bits per heavy atom. The molecular formula is C20H36BN. The highest BCUT2D eigenvalue weighted by Gasteiger charge is 2.52. The minimum atomic E-state index is -0.0218. The number of rotatable bonds is 5. The lowest BCUT2D eigenvalue weighted by atomic mass is 9.49. The SMILES string of the molecule is [B]C1(C)CC2CC(CC)CC(N(C(=C)C(C)C)C(C)C)(C2)C1. The summed E-state index contributed by atoms with van der Waals surface area (Å²) in [7, 11) is 6.70. The first kappa shape index (κ1) is 18.0. The zero-order valence-corrected chi connectivity index (χ0v) is 15.8. The Bertz CT molecular complexity index is 412. The van der Waals surface area contributed by atoms with E-state index in [1.54, 1.807) is 0 Å². The van der Waals surface area contributed by atoms with Crippen LogP contribution in [0.5, 0.6) is 0 Å². The second-order valence-electron chi connectivity index (χ2n) is 9.15. The maximum absolute atomic E-state index is 6.70. The first-order valence-electron chi connectivity index (χ1n) is 9.37. The lowest BCUT2D eigenvalue weighted by Gasteiger charge is -2.61. The lowest BCUT2D eigenvalue weighted by Crippen LogP contribution is -2.59. The highest BCUT2D eigenvalue weighted by atomic mass is 15.2. The van der Waals surface area contributed by atoms with Gasteiger partial charge in [-0.2, -0.15) is 0 Å². The van der Waals surface area contributed by atoms with Gasteiger partial charge in [-0.1, -0.05) is 52.4 Å². The van der Waals surface area contributed by atoms with Crippen molar-refractivity contribution in [2.75, 3.05) is 0 Å². The molecule has 0 spiro atoms. The molecule has 2 fully saturated rings. The summed E-state index contributed by atoms with van der Waals surface area (Å²) < 4.78 is 0. The van der Waals surface area contributed by atoms with Crippen molar-refractivity contribution in [2.24, 2.45) is 17.8 Å². The number of nitrogens with zero attached hydrogens (tertiary/aromatic N) is 1. The molecule has 2 bridgehead atoms. The summed E-state index contributed by atoms with van der Waals surface area (Å²) >= 11 is 0. The molecule has 2 rings (SSSR count). The Hall–Kier alpha value is -0.395. The van der Waals surface area contributed by atoms with E-state index in [1.165, 1.54) is 37.8 Å². The van der Waals surface area contributed by atoms with Crippen molar-refractivity contribution in [1.29, 1.82) is 0 Å². The zero-order chi connectivity index (χ0) is 16.7. The molecule has 4 unspecified atom stereocenters. The topological polar surface area (TPSA) is 3.24 Å². The van der Waals surface area contributed by atoms with E-state index >= 15 is 0 Å². The first-order valence-corrected chi connectivity index (χ1v) is 9.37. The summed E-state index contributed by atoms with van der Waals surface area (Å²) in [6, 6.07) is 0.500. The van der Waals surface area contributed by atoms with Gasteiger partial charge in [-0.05, 0) is 57.3 Å². The highest BCUT2D eigenvalue weighted by molar-refractivity contribution is 6.15. The van der Waals surface area contributed by atoms with Crippen molar-refractivity contribution in [3.05, 3.63) is 12.3 Å². The number of hydrogen-bond donors (Lipinski definition) is 0. The van der Waals surface area contributed by atoms with Crippen LogP contribution >= 0.6 is 0 Å². The Kier molecular flexibility index (Phi) is 5.10. The molecule has 2 aliphatic rings. The van der Waals surface area contributed by atoms with Gasteiger partial charge in [0, 0.05) is 17.3 Å². The summed E-state index contributed by atoms with van der Waals surface area (Å²) in [6.45, 7) is 18.3. The minimum Gasteiger partial charge on any atom is -0.367 e. The predicted molar refractivity (Wildman–Crippen MR) is 98.2 cm³/mol. The van der Waals surface area contributed by atoms with Crippen LogP contribution in [0.25, 0.3) is 0 Å². The molecule has 0 aromatic carbocycles. The monoisotopic (exact) mass is 301 g/mol. The van der Waals surface area contributed by atoms with Gasteiger partial charge >= 0.3 is 0 Å². The second kappa shape index (κ2) is 6.25. The Morgan fingerprint density at radius 3 is 2.36 bits per heavy atom. The van der Waals surface area contributed by atoms with E-state index in [4.69, 9.17) is 7.85 Å². The van der Waals surface area contributed by atoms with Crippen molar-refractivity contribution in [3.63, 3.8) is 0 Å². The van der Waals surface area contributed by atoms with Gasteiger partial charge in [-0.3, -0.25) is 0 Å². The zero-order valence-electron chi connectivity index (χ0n) is 15.8. The Morgan fingerprint density at radius 2 is 1.86 bits per heavy atom. The molecule has 0 aromatic heterocycles. The molecule has 124 valence electrons. The van der Waals surface area contributed by atoms with Crippen molar-refractivity contribution in [3.8, 4) is 0 Å². The molecule has 0 heterocycles. The van der Waals surface area contributed by atoms with Gasteiger partial charge < -0.3 is 4.90 Å². The van der Waals surface area contributed by atoms with Crippen LogP contribution in [0.2, 0.25) is 5.31 Å². The van der Waals surface area contributed by atoms with Crippen LogP contribution in [0, 0.1) is 17.8 Å². The molecule has 0 aromatic rings. The van der Waals surface area contributed by atoms with E-state index in [2.05, 4.69) is 53.0 Å². The maximum atomic E-state index is 6.70. The average molecular weight is 301 g/mol. The molecule has 2 heteroatoms. The van der Waals surface area contributed by atoms with E-state index in [1.807, 2.05) is 0 Å². The van der Waals surface area contributed by atoms with Gasteiger partial charge in [0.05, 0.1) is 7.85 Å². The van der Waals surface area contributed by atoms with E-state index < -0.39 is 0 Å². The number of fused-ring (bicyclic) bond motifs is 2. The van der Waals surface area contributed by atoms with E-state index in [0.29, 0.717) is 12.0 Å². The summed E-state index contributed by atoms with van der Waals surface area (Å²) in [5.74, 6) is 2.16. The fourth-order valence-corrected chi connectivity index (χ4v) is 5.63. The largest absolute Gasteiger partial charge is 0.367 e. The van der Waals surface area contributed by atoms with Crippen molar-refractivity contribution >= 4 is 7.85 Å². The van der Waals surface area contributed by atoms with Crippen LogP contribution in [0.15, 0.2) is 12.3 Å². The molecule has 2 saturated carbocycles. The van der Waals surface area contributed by atoms with Crippen LogP contribution < -0.4 is 0 Å². The first-order chi connectivity index (χ1) is 10.1. The molecule has 1 nitrogen and oxygen atoms in total. The van der Waals surface area contributed by atoms with Crippen molar-refractivity contribution in [1.82, 2.24) is 4.90 Å². The van der Waals surface area contributed by atoms with E-state index in [-0.39, 0.29) is 10.9 Å². The summed E-state index contributed by atoms with van der Waals surface area (Å²) in [4.78, 5) is 2.68. The van der Waals surface area contributed by atoms with Gasteiger partial charge in [-0.25, -0.2) is 0 Å². The van der Waals surface area contributed by atoms with Crippen LogP contribution in [-0.4, -0.2) is 24.3 Å². The van der Waals surface area contributed by atoms with E-state index in [9.17, 15) is 0 Å². The Labute approximate surface area is 140 Å².